The molecule has 0 unspecified atom stereocenters. The zero-order valence-electron chi connectivity index (χ0n) is 10.7. The molecule has 5 nitrogen and oxygen atoms in total. The van der Waals surface area contributed by atoms with E-state index in [1.54, 1.807) is 12.1 Å². The number of ether oxygens (including phenoxy) is 1. The minimum atomic E-state index is -5.34. The molecule has 0 fully saturated rings. The Labute approximate surface area is 126 Å². The van der Waals surface area contributed by atoms with Crippen molar-refractivity contribution in [2.45, 2.75) is 18.2 Å². The number of carbonyl (C=O) groups is 2. The molecule has 0 aliphatic rings. The van der Waals surface area contributed by atoms with E-state index in [-0.39, 0.29) is 5.69 Å². The van der Waals surface area contributed by atoms with Crippen LogP contribution in [0.1, 0.15) is 6.42 Å². The maximum absolute atomic E-state index is 12.8. The highest BCUT2D eigenvalue weighted by atomic mass is 79.9. The van der Waals surface area contributed by atoms with Crippen molar-refractivity contribution in [3.8, 4) is 0 Å². The number of esters is 1. The number of amides is 1. The Morgan fingerprint density at radius 3 is 2.24 bits per heavy atom. The summed E-state index contributed by atoms with van der Waals surface area (Å²) in [7, 11) is 0.686. The summed E-state index contributed by atoms with van der Waals surface area (Å²) >= 11 is 3.15. The smallest absolute Gasteiger partial charge is 0.428 e. The van der Waals surface area contributed by atoms with Crippen molar-refractivity contribution in [2.75, 3.05) is 12.4 Å². The van der Waals surface area contributed by atoms with Crippen LogP contribution in [0.4, 0.5) is 18.9 Å². The SMILES string of the molecule is COC(=O)[C@](O)(CC(=O)Nc1ccc(Br)cc1)C(F)(F)F. The van der Waals surface area contributed by atoms with Crippen molar-refractivity contribution in [3.63, 3.8) is 0 Å². The van der Waals surface area contributed by atoms with Gasteiger partial charge in [0.05, 0.1) is 13.5 Å². The van der Waals surface area contributed by atoms with Crippen molar-refractivity contribution in [1.82, 2.24) is 0 Å². The summed E-state index contributed by atoms with van der Waals surface area (Å²) in [5.74, 6) is -3.12. The lowest BCUT2D eigenvalue weighted by atomic mass is 9.98. The second-order valence-corrected chi connectivity index (χ2v) is 5.00. The lowest BCUT2D eigenvalue weighted by molar-refractivity contribution is -0.261. The fourth-order valence-corrected chi connectivity index (χ4v) is 1.69. The van der Waals surface area contributed by atoms with Gasteiger partial charge in [-0.15, -0.1) is 0 Å². The van der Waals surface area contributed by atoms with Gasteiger partial charge in [0, 0.05) is 10.2 Å². The first-order valence-corrected chi connectivity index (χ1v) is 6.32. The second-order valence-electron chi connectivity index (χ2n) is 4.08. The minimum Gasteiger partial charge on any atom is -0.467 e. The predicted molar refractivity (Wildman–Crippen MR) is 70.4 cm³/mol. The van der Waals surface area contributed by atoms with Crippen molar-refractivity contribution < 1.29 is 32.6 Å². The molecule has 1 aromatic rings. The van der Waals surface area contributed by atoms with Gasteiger partial charge in [-0.25, -0.2) is 4.79 Å². The third-order valence-electron chi connectivity index (χ3n) is 2.54. The first kappa shape index (κ1) is 17.4. The quantitative estimate of drug-likeness (QED) is 0.798. The average Bonchev–Trinajstić information content (AvgIpc) is 2.38. The zero-order valence-corrected chi connectivity index (χ0v) is 12.3. The average molecular weight is 370 g/mol. The van der Waals surface area contributed by atoms with Crippen LogP contribution in [-0.4, -0.2) is 35.9 Å². The van der Waals surface area contributed by atoms with Gasteiger partial charge in [0.1, 0.15) is 0 Å². The summed E-state index contributed by atoms with van der Waals surface area (Å²) in [4.78, 5) is 22.7. The van der Waals surface area contributed by atoms with Crippen molar-refractivity contribution in [3.05, 3.63) is 28.7 Å². The van der Waals surface area contributed by atoms with Crippen LogP contribution in [0.15, 0.2) is 28.7 Å². The molecule has 0 heterocycles. The van der Waals surface area contributed by atoms with E-state index in [2.05, 4.69) is 26.0 Å². The maximum Gasteiger partial charge on any atom is 0.428 e. The van der Waals surface area contributed by atoms with Gasteiger partial charge in [-0.05, 0) is 24.3 Å². The predicted octanol–water partition coefficient (Wildman–Crippen LogP) is 2.24. The first-order valence-electron chi connectivity index (χ1n) is 5.53. The van der Waals surface area contributed by atoms with Crippen LogP contribution in [0, 0.1) is 0 Å². The number of nitrogens with one attached hydrogen (secondary N) is 1. The number of hydrogen-bond acceptors (Lipinski definition) is 4. The van der Waals surface area contributed by atoms with Crippen LogP contribution in [0.2, 0.25) is 0 Å². The van der Waals surface area contributed by atoms with Crippen LogP contribution < -0.4 is 5.32 Å². The second kappa shape index (κ2) is 6.44. The summed E-state index contributed by atoms with van der Waals surface area (Å²) in [6, 6.07) is 6.00. The highest BCUT2D eigenvalue weighted by Gasteiger charge is 2.61. The summed E-state index contributed by atoms with van der Waals surface area (Å²) in [5, 5.41) is 11.6. The summed E-state index contributed by atoms with van der Waals surface area (Å²) in [6.07, 6.45) is -6.84. The van der Waals surface area contributed by atoms with Crippen molar-refractivity contribution in [2.24, 2.45) is 0 Å². The van der Waals surface area contributed by atoms with E-state index in [0.717, 1.165) is 0 Å². The highest BCUT2D eigenvalue weighted by molar-refractivity contribution is 9.10. The minimum absolute atomic E-state index is 0.220. The van der Waals surface area contributed by atoms with Gasteiger partial charge in [-0.2, -0.15) is 13.2 Å². The van der Waals surface area contributed by atoms with E-state index in [1.807, 2.05) is 0 Å². The monoisotopic (exact) mass is 369 g/mol. The topological polar surface area (TPSA) is 75.6 Å². The molecule has 1 atom stereocenters. The van der Waals surface area contributed by atoms with Gasteiger partial charge in [0.2, 0.25) is 5.91 Å². The molecule has 0 radical (unpaired) electrons. The molecule has 116 valence electrons. The molecule has 1 rings (SSSR count). The number of methoxy groups -OCH3 is 1. The molecule has 2 N–H and O–H groups in total. The van der Waals surface area contributed by atoms with Crippen LogP contribution in [-0.2, 0) is 14.3 Å². The molecule has 1 amide bonds. The van der Waals surface area contributed by atoms with E-state index >= 15 is 0 Å². The van der Waals surface area contributed by atoms with Crippen LogP contribution in [0.25, 0.3) is 0 Å². The molecular formula is C12H11BrF3NO4. The molecule has 0 bridgehead atoms. The van der Waals surface area contributed by atoms with E-state index in [0.29, 0.717) is 11.6 Å². The third kappa shape index (κ3) is 4.18. The molecule has 0 saturated carbocycles. The molecule has 0 saturated heterocycles. The molecule has 9 heteroatoms. The number of benzene rings is 1. The first-order chi connectivity index (χ1) is 9.60. The van der Waals surface area contributed by atoms with Crippen LogP contribution in [0.5, 0.6) is 0 Å². The third-order valence-corrected chi connectivity index (χ3v) is 3.07. The Bertz CT molecular complexity index is 532. The van der Waals surface area contributed by atoms with E-state index < -0.39 is 30.1 Å². The normalized spacial score (nSPS) is 14.2. The van der Waals surface area contributed by atoms with Gasteiger partial charge in [-0.1, -0.05) is 15.9 Å². The molecule has 0 spiro atoms. The lowest BCUT2D eigenvalue weighted by Gasteiger charge is -2.26. The summed E-state index contributed by atoms with van der Waals surface area (Å²) in [5.41, 5.74) is -3.67. The van der Waals surface area contributed by atoms with Gasteiger partial charge in [0.15, 0.2) is 0 Å². The fraction of sp³-hybridized carbons (Fsp3) is 0.333. The Morgan fingerprint density at radius 1 is 1.29 bits per heavy atom. The number of carbonyl (C=O) groups excluding carboxylic acids is 2. The van der Waals surface area contributed by atoms with Crippen molar-refractivity contribution >= 4 is 33.5 Å². The number of anilines is 1. The van der Waals surface area contributed by atoms with E-state index in [4.69, 9.17) is 0 Å². The van der Waals surface area contributed by atoms with E-state index in [9.17, 15) is 27.9 Å². The Kier molecular flexibility index (Phi) is 5.35. The Hall–Kier alpha value is -1.61. The largest absolute Gasteiger partial charge is 0.467 e. The number of halogens is 4. The van der Waals surface area contributed by atoms with Crippen LogP contribution >= 0.6 is 15.9 Å². The standard InChI is InChI=1S/C12H11BrF3NO4/c1-21-10(19)11(20,12(14,15)16)6-9(18)17-8-4-2-7(13)3-5-8/h2-5,20H,6H2,1H3,(H,17,18)/t11-/m1/s1. The highest BCUT2D eigenvalue weighted by Crippen LogP contribution is 2.34. The van der Waals surface area contributed by atoms with Gasteiger partial charge in [-0.3, -0.25) is 4.79 Å². The number of alkyl halides is 3. The number of rotatable bonds is 4. The van der Waals surface area contributed by atoms with Crippen LogP contribution in [0.3, 0.4) is 0 Å². The fourth-order valence-electron chi connectivity index (χ4n) is 1.43. The number of hydrogen-bond donors (Lipinski definition) is 2. The maximum atomic E-state index is 12.8. The van der Waals surface area contributed by atoms with E-state index in [1.165, 1.54) is 12.1 Å². The Balaban J connectivity index is 2.87. The Morgan fingerprint density at radius 2 is 1.81 bits per heavy atom. The molecule has 0 aliphatic heterocycles. The zero-order chi connectivity index (χ0) is 16.3. The summed E-state index contributed by atoms with van der Waals surface area (Å²) < 4.78 is 42.9. The molecule has 21 heavy (non-hydrogen) atoms. The molecule has 1 aromatic carbocycles. The van der Waals surface area contributed by atoms with Gasteiger partial charge >= 0.3 is 12.1 Å². The van der Waals surface area contributed by atoms with Gasteiger partial charge < -0.3 is 15.2 Å². The molecule has 0 aliphatic carbocycles. The summed E-state index contributed by atoms with van der Waals surface area (Å²) in [6.45, 7) is 0. The lowest BCUT2D eigenvalue weighted by Crippen LogP contribution is -2.54. The number of aliphatic hydroxyl groups is 1. The van der Waals surface area contributed by atoms with Crippen molar-refractivity contribution in [1.29, 1.82) is 0 Å². The van der Waals surface area contributed by atoms with Gasteiger partial charge in [0.25, 0.3) is 5.60 Å². The molecular weight excluding hydrogens is 359 g/mol. The molecule has 0 aromatic heterocycles.